The second-order valence-corrected chi connectivity index (χ2v) is 17.0. The van der Waals surface area contributed by atoms with Crippen molar-refractivity contribution in [3.63, 3.8) is 0 Å². The second kappa shape index (κ2) is 19.0. The van der Waals surface area contributed by atoms with Gasteiger partial charge in [0, 0.05) is 63.5 Å². The number of esters is 2. The van der Waals surface area contributed by atoms with Crippen LogP contribution in [0.4, 0.5) is 42.9 Å². The fraction of sp³-hybridized carbons (Fsp3) is 0.273. The number of anilines is 6. The van der Waals surface area contributed by atoms with E-state index < -0.39 is 35.4 Å². The highest BCUT2D eigenvalue weighted by Gasteiger charge is 2.26. The van der Waals surface area contributed by atoms with Crippen LogP contribution in [-0.4, -0.2) is 130 Å². The summed E-state index contributed by atoms with van der Waals surface area (Å²) in [6.45, 7) is 8.60. The molecule has 2 aliphatic heterocycles. The fourth-order valence-corrected chi connectivity index (χ4v) is 8.09. The van der Waals surface area contributed by atoms with Gasteiger partial charge in [0.15, 0.2) is 23.0 Å². The van der Waals surface area contributed by atoms with E-state index in [2.05, 4.69) is 50.9 Å². The molecule has 0 radical (unpaired) electrons. The van der Waals surface area contributed by atoms with Crippen molar-refractivity contribution >= 4 is 81.1 Å². The molecule has 67 heavy (non-hydrogen) atoms. The molecular formula is C44H44Cl2F2N14O5. The molecule has 6 N–H and O–H groups in total. The molecule has 0 atom stereocenters. The average Bonchev–Trinajstić information content (AvgIpc) is 4.03. The number of benzene rings is 4. The summed E-state index contributed by atoms with van der Waals surface area (Å²) in [7, 11) is 4.03. The van der Waals surface area contributed by atoms with Gasteiger partial charge in [0.05, 0.1) is 79.1 Å². The first-order valence-corrected chi connectivity index (χ1v) is 21.6. The van der Waals surface area contributed by atoms with Crippen LogP contribution >= 0.6 is 23.2 Å². The molecule has 4 aromatic carbocycles. The van der Waals surface area contributed by atoms with Crippen molar-refractivity contribution in [2.45, 2.75) is 13.8 Å². The number of aromatic nitrogens is 6. The highest BCUT2D eigenvalue weighted by atomic mass is 35.5. The molecule has 8 rings (SSSR count). The molecule has 2 amide bonds. The topological polar surface area (TPSA) is 228 Å². The lowest BCUT2D eigenvalue weighted by molar-refractivity contribution is 0.0388. The molecule has 348 valence electrons. The summed E-state index contributed by atoms with van der Waals surface area (Å²) in [6, 6.07) is 12.6. The van der Waals surface area contributed by atoms with Crippen molar-refractivity contribution in [2.24, 2.45) is 0 Å². The number of hydrogen-bond acceptors (Lipinski definition) is 15. The lowest BCUT2D eigenvalue weighted by atomic mass is 10.1. The molecule has 2 fully saturated rings. The summed E-state index contributed by atoms with van der Waals surface area (Å²) in [6.07, 6.45) is 2.49. The van der Waals surface area contributed by atoms with Crippen molar-refractivity contribution in [1.29, 1.82) is 0 Å². The third-order valence-corrected chi connectivity index (χ3v) is 12.6. The minimum atomic E-state index is -1.14. The Bertz CT molecular complexity index is 2750. The highest BCUT2D eigenvalue weighted by Crippen LogP contribution is 2.35. The summed E-state index contributed by atoms with van der Waals surface area (Å²) >= 11 is 12.8. The molecule has 0 aliphatic carbocycles. The molecule has 0 saturated carbocycles. The minimum absolute atomic E-state index is 0.0220. The van der Waals surface area contributed by atoms with Crippen molar-refractivity contribution in [3.8, 4) is 11.4 Å². The van der Waals surface area contributed by atoms with E-state index in [-0.39, 0.29) is 55.1 Å². The molecular weight excluding hydrogens is 913 g/mol. The average molecular weight is 958 g/mol. The van der Waals surface area contributed by atoms with Gasteiger partial charge in [-0.2, -0.15) is 0 Å². The Morgan fingerprint density at radius 3 is 1.36 bits per heavy atom. The van der Waals surface area contributed by atoms with E-state index in [0.29, 0.717) is 60.3 Å². The second-order valence-electron chi connectivity index (χ2n) is 16.2. The number of piperazine rings is 2. The molecule has 2 saturated heterocycles. The summed E-state index contributed by atoms with van der Waals surface area (Å²) in [5.74, 6) is -4.96. The number of rotatable bonds is 10. The van der Waals surface area contributed by atoms with E-state index in [1.807, 2.05) is 14.1 Å². The number of carbonyl (C=O) groups is 4. The van der Waals surface area contributed by atoms with Gasteiger partial charge in [-0.1, -0.05) is 33.6 Å². The van der Waals surface area contributed by atoms with Crippen LogP contribution in [0.2, 0.25) is 10.0 Å². The van der Waals surface area contributed by atoms with Crippen LogP contribution in [0, 0.1) is 25.5 Å². The number of carbonyl (C=O) groups excluding carboxylic acids is 4. The van der Waals surface area contributed by atoms with Gasteiger partial charge in [0.1, 0.15) is 0 Å². The summed E-state index contributed by atoms with van der Waals surface area (Å²) in [5, 5.41) is 21.6. The maximum absolute atomic E-state index is 14.5. The van der Waals surface area contributed by atoms with Gasteiger partial charge >= 0.3 is 11.9 Å². The van der Waals surface area contributed by atoms with Gasteiger partial charge in [-0.05, 0) is 76.5 Å². The van der Waals surface area contributed by atoms with Crippen LogP contribution in [-0.2, 0) is 4.74 Å². The first-order valence-electron chi connectivity index (χ1n) is 20.8. The van der Waals surface area contributed by atoms with E-state index in [4.69, 9.17) is 39.4 Å². The van der Waals surface area contributed by atoms with Crippen molar-refractivity contribution in [1.82, 2.24) is 39.8 Å². The maximum Gasteiger partial charge on any atom is 0.368 e. The lowest BCUT2D eigenvalue weighted by Gasteiger charge is -2.35. The number of nitrogens with zero attached hydrogens (tertiary/aromatic N) is 10. The van der Waals surface area contributed by atoms with Crippen LogP contribution in [0.3, 0.4) is 0 Å². The Balaban J connectivity index is 1.00. The number of halogens is 4. The number of nitrogen functional groups attached to an aromatic ring is 2. The lowest BCUT2D eigenvalue weighted by Crippen LogP contribution is -2.44. The van der Waals surface area contributed by atoms with Crippen LogP contribution in [0.25, 0.3) is 11.4 Å². The van der Waals surface area contributed by atoms with Gasteiger partial charge in [0.25, 0.3) is 11.8 Å². The van der Waals surface area contributed by atoms with Crippen molar-refractivity contribution in [2.75, 3.05) is 98.4 Å². The number of ether oxygens (including phenoxy) is 1. The van der Waals surface area contributed by atoms with Crippen LogP contribution in [0.5, 0.6) is 0 Å². The zero-order valence-corrected chi connectivity index (χ0v) is 38.1. The van der Waals surface area contributed by atoms with Gasteiger partial charge in [-0.25, -0.2) is 27.7 Å². The van der Waals surface area contributed by atoms with E-state index in [1.54, 1.807) is 36.4 Å². The first kappa shape index (κ1) is 46.3. The quantitative estimate of drug-likeness (QED) is 0.0784. The Morgan fingerprint density at radius 1 is 0.612 bits per heavy atom. The summed E-state index contributed by atoms with van der Waals surface area (Å²) < 4.78 is 36.6. The smallest absolute Gasteiger partial charge is 0.368 e. The number of nitrogens with one attached hydrogen (secondary N) is 2. The first-order chi connectivity index (χ1) is 32.0. The van der Waals surface area contributed by atoms with E-state index in [0.717, 1.165) is 26.2 Å². The largest absolute Gasteiger partial charge is 0.396 e. The predicted octanol–water partition coefficient (Wildman–Crippen LogP) is 5.22. The molecule has 2 aromatic heterocycles. The SMILES string of the molecule is Cc1c(F)c(N)cc(C(=O)Nc2cc(-n3cc(C(=O)OC(=O)c4cn(-c5ccc(N6CCN(C)CC6)c(NC(=O)c6cc(N)c(F)c(C)c6Cl)c5)nn4)nn3)ccc2N2CCN(C)CC2)c1Cl. The molecule has 4 heterocycles. The minimum Gasteiger partial charge on any atom is -0.396 e. The van der Waals surface area contributed by atoms with E-state index in [1.165, 1.54) is 47.7 Å². The molecule has 0 spiro atoms. The number of amides is 2. The third kappa shape index (κ3) is 9.57. The van der Waals surface area contributed by atoms with E-state index >= 15 is 0 Å². The Labute approximate surface area is 392 Å². The molecule has 0 unspecified atom stereocenters. The summed E-state index contributed by atoms with van der Waals surface area (Å²) in [4.78, 5) is 62.3. The number of hydrogen-bond donors (Lipinski definition) is 4. The van der Waals surface area contributed by atoms with E-state index in [9.17, 15) is 28.0 Å². The zero-order chi connectivity index (χ0) is 47.8. The van der Waals surface area contributed by atoms with Crippen molar-refractivity contribution in [3.05, 3.63) is 116 Å². The van der Waals surface area contributed by atoms with Gasteiger partial charge in [-0.3, -0.25) is 9.59 Å². The van der Waals surface area contributed by atoms with Crippen LogP contribution in [0.1, 0.15) is 52.8 Å². The van der Waals surface area contributed by atoms with Crippen LogP contribution in [0.15, 0.2) is 60.9 Å². The Hall–Kier alpha value is -7.20. The molecule has 0 bridgehead atoms. The van der Waals surface area contributed by atoms with Crippen molar-refractivity contribution < 1.29 is 32.7 Å². The van der Waals surface area contributed by atoms with Crippen LogP contribution < -0.4 is 31.9 Å². The molecule has 19 nitrogen and oxygen atoms in total. The Morgan fingerprint density at radius 2 is 0.985 bits per heavy atom. The predicted molar refractivity (Wildman–Crippen MR) is 249 cm³/mol. The molecule has 6 aromatic rings. The Kier molecular flexibility index (Phi) is 13.1. The fourth-order valence-electron chi connectivity index (χ4n) is 7.64. The molecule has 2 aliphatic rings. The monoisotopic (exact) mass is 956 g/mol. The van der Waals surface area contributed by atoms with Gasteiger partial charge in [0.2, 0.25) is 0 Å². The van der Waals surface area contributed by atoms with Gasteiger partial charge in [-0.15, -0.1) is 10.2 Å². The normalized spacial score (nSPS) is 14.6. The summed E-state index contributed by atoms with van der Waals surface area (Å²) in [5.41, 5.74) is 13.4. The third-order valence-electron chi connectivity index (χ3n) is 11.6. The number of likely N-dealkylation sites (N-methyl/N-ethyl adjacent to an activating group) is 2. The molecule has 23 heteroatoms. The zero-order valence-electron chi connectivity index (χ0n) is 36.6. The number of nitrogens with two attached hydrogens (primary N) is 2. The van der Waals surface area contributed by atoms with Gasteiger partial charge < -0.3 is 46.4 Å². The maximum atomic E-state index is 14.5. The standard InChI is InChI=1S/C44H44Cl2F2N14O5/c1-23-37(45)27(19-29(49)39(23)47)41(63)51-31-17-25(5-7-35(31)59-13-9-57(3)10-14-59)61-21-33(53-55-61)43(65)67-44(66)34-22-62(56-54-34)26-6-8-36(60-15-11-58(4)12-16-60)32(18-26)52-42(64)28-20-30(50)40(48)24(2)38(28)46/h5-8,17-22H,9-16,49-50H2,1-4H3,(H,51,63)(H,52,64). The highest BCUT2D eigenvalue weighted by molar-refractivity contribution is 6.36.